The second-order valence-corrected chi connectivity index (χ2v) is 17.6. The molecule has 290 valence electrons. The van der Waals surface area contributed by atoms with Crippen LogP contribution in [0.3, 0.4) is 0 Å². The second-order valence-electron chi connectivity index (χ2n) is 14.6. The van der Waals surface area contributed by atoms with Gasteiger partial charge in [0.25, 0.3) is 5.91 Å². The fourth-order valence-corrected chi connectivity index (χ4v) is 11.0. The molecule has 15 heteroatoms. The predicted octanol–water partition coefficient (Wildman–Crippen LogP) is 5.22. The number of piperidine rings is 1. The Morgan fingerprint density at radius 2 is 1.80 bits per heavy atom. The van der Waals surface area contributed by atoms with Crippen molar-refractivity contribution in [1.29, 1.82) is 0 Å². The summed E-state index contributed by atoms with van der Waals surface area (Å²) >= 11 is 1.42. The van der Waals surface area contributed by atoms with Crippen molar-refractivity contribution in [3.8, 4) is 11.1 Å². The van der Waals surface area contributed by atoms with Crippen LogP contribution in [0.25, 0.3) is 11.1 Å². The summed E-state index contributed by atoms with van der Waals surface area (Å²) < 4.78 is 45.0. The van der Waals surface area contributed by atoms with Gasteiger partial charge in [0.2, 0.25) is 27.7 Å². The number of amides is 4. The molecule has 2 saturated heterocycles. The predicted molar refractivity (Wildman–Crippen MR) is 209 cm³/mol. The Morgan fingerprint density at radius 1 is 1.00 bits per heavy atom. The number of rotatable bonds is 10. The Bertz CT molecular complexity index is 2370. The summed E-state index contributed by atoms with van der Waals surface area (Å²) in [7, 11) is -3.89. The second kappa shape index (κ2) is 15.1. The maximum absolute atomic E-state index is 15.5. The number of sulfonamides is 1. The van der Waals surface area contributed by atoms with Crippen molar-refractivity contribution < 1.29 is 37.1 Å². The van der Waals surface area contributed by atoms with Crippen molar-refractivity contribution in [1.82, 2.24) is 14.5 Å². The summed E-state index contributed by atoms with van der Waals surface area (Å²) in [5.41, 5.74) is 4.70. The fraction of sp³-hybridized carbons (Fsp3) is 0.317. The summed E-state index contributed by atoms with van der Waals surface area (Å²) in [6.07, 6.45) is 1.10. The van der Waals surface area contributed by atoms with Crippen LogP contribution in [0.15, 0.2) is 88.7 Å². The van der Waals surface area contributed by atoms with Crippen LogP contribution in [0.2, 0.25) is 0 Å². The van der Waals surface area contributed by atoms with Crippen molar-refractivity contribution >= 4 is 56.8 Å². The number of thioether (sulfide) groups is 1. The highest BCUT2D eigenvalue weighted by Crippen LogP contribution is 2.49. The van der Waals surface area contributed by atoms with Crippen molar-refractivity contribution in [3.63, 3.8) is 0 Å². The molecule has 1 unspecified atom stereocenters. The molecule has 0 bridgehead atoms. The molecule has 0 aliphatic carbocycles. The van der Waals surface area contributed by atoms with Crippen LogP contribution in [0.1, 0.15) is 58.8 Å². The molecule has 0 spiro atoms. The lowest BCUT2D eigenvalue weighted by atomic mass is 9.82. The SMILES string of the molecule is Cc1ccc(S(=O)(=O)N2CC[C@@H]3[C@H](CO)Nc4ccc(-c5cc(NC(=O)CCSc6cccc7c6CN(C6CCC(=O)NC6=O)C7=O)ccc5F)cc4[C@@H]32)cc1. The van der Waals surface area contributed by atoms with E-state index in [1.54, 1.807) is 60.7 Å². The summed E-state index contributed by atoms with van der Waals surface area (Å²) in [4.78, 5) is 53.0. The molecule has 56 heavy (non-hydrogen) atoms. The van der Waals surface area contributed by atoms with Gasteiger partial charge >= 0.3 is 0 Å². The topological polar surface area (TPSA) is 165 Å². The number of hydrogen-bond donors (Lipinski definition) is 4. The summed E-state index contributed by atoms with van der Waals surface area (Å²) in [6.45, 7) is 2.22. The molecule has 4 amide bonds. The lowest BCUT2D eigenvalue weighted by molar-refractivity contribution is -0.137. The average Bonchev–Trinajstić information content (AvgIpc) is 3.78. The molecule has 0 saturated carbocycles. The molecule has 0 aromatic heterocycles. The summed E-state index contributed by atoms with van der Waals surface area (Å²) in [5.74, 6) is -1.72. The number of aryl methyl sites for hydroxylation is 1. The number of carbonyl (C=O) groups excluding carboxylic acids is 4. The van der Waals surface area contributed by atoms with Crippen LogP contribution in [-0.2, 0) is 31.0 Å². The van der Waals surface area contributed by atoms with Crippen molar-refractivity contribution in [2.75, 3.05) is 29.5 Å². The number of halogens is 1. The molecule has 8 rings (SSSR count). The Hall–Kier alpha value is -5.09. The van der Waals surface area contributed by atoms with E-state index < -0.39 is 33.8 Å². The van der Waals surface area contributed by atoms with Crippen molar-refractivity contribution in [3.05, 3.63) is 107 Å². The number of nitrogens with one attached hydrogen (secondary N) is 3. The zero-order chi connectivity index (χ0) is 39.3. The van der Waals surface area contributed by atoms with Gasteiger partial charge in [-0.15, -0.1) is 11.8 Å². The number of benzene rings is 4. The quantitative estimate of drug-likeness (QED) is 0.124. The van der Waals surface area contributed by atoms with E-state index in [0.717, 1.165) is 16.0 Å². The molecule has 12 nitrogen and oxygen atoms in total. The smallest absolute Gasteiger partial charge is 0.255 e. The van der Waals surface area contributed by atoms with E-state index >= 15 is 4.39 Å². The molecule has 4 aromatic rings. The van der Waals surface area contributed by atoms with E-state index in [-0.39, 0.29) is 79.1 Å². The van der Waals surface area contributed by atoms with E-state index in [1.807, 2.05) is 13.0 Å². The first kappa shape index (κ1) is 37.8. The molecule has 4 aliphatic heterocycles. The molecule has 4 heterocycles. The maximum atomic E-state index is 15.5. The van der Waals surface area contributed by atoms with Crippen LogP contribution in [0.5, 0.6) is 0 Å². The maximum Gasteiger partial charge on any atom is 0.255 e. The Labute approximate surface area is 327 Å². The first-order valence-corrected chi connectivity index (χ1v) is 20.9. The number of aliphatic hydroxyl groups is 1. The van der Waals surface area contributed by atoms with Gasteiger partial charge in [0.05, 0.1) is 23.6 Å². The van der Waals surface area contributed by atoms with Gasteiger partial charge in [0, 0.05) is 65.0 Å². The van der Waals surface area contributed by atoms with Gasteiger partial charge in [0.15, 0.2) is 0 Å². The van der Waals surface area contributed by atoms with Crippen LogP contribution in [-0.4, -0.2) is 77.3 Å². The molecule has 4 aliphatic rings. The monoisotopic (exact) mass is 797 g/mol. The van der Waals surface area contributed by atoms with Crippen molar-refractivity contribution in [2.24, 2.45) is 5.92 Å². The standard InChI is InChI=1S/C41H40FN5O7S2/c1-23-5-9-26(10-6-23)56(53,54)47-17-15-28-34(22-48)44-33-12-7-24(19-30(33)39(28)47)29-20-25(8-11-32(29)42)43-38(50)16-18-55-36-4-2-3-27-31(36)21-46(41(27)52)35-13-14-37(49)45-40(35)51/h2-12,19-20,28,34-35,39,44,48H,13-18,21-22H2,1H3,(H,43,50)(H,45,49,51)/t28-,34+,35?,39-/m1/s1. The van der Waals surface area contributed by atoms with Gasteiger partial charge < -0.3 is 20.6 Å². The van der Waals surface area contributed by atoms with E-state index in [9.17, 15) is 32.7 Å². The van der Waals surface area contributed by atoms with E-state index in [4.69, 9.17) is 0 Å². The van der Waals surface area contributed by atoms with Gasteiger partial charge in [-0.05, 0) is 91.1 Å². The van der Waals surface area contributed by atoms with Crippen LogP contribution >= 0.6 is 11.8 Å². The summed E-state index contributed by atoms with van der Waals surface area (Å²) in [5, 5.41) is 18.8. The molecular weight excluding hydrogens is 758 g/mol. The minimum Gasteiger partial charge on any atom is -0.394 e. The number of imide groups is 1. The molecule has 4 N–H and O–H groups in total. The highest BCUT2D eigenvalue weighted by atomic mass is 32.2. The third kappa shape index (κ3) is 6.97. The highest BCUT2D eigenvalue weighted by Gasteiger charge is 2.48. The first-order chi connectivity index (χ1) is 26.9. The first-order valence-electron chi connectivity index (χ1n) is 18.5. The molecule has 0 radical (unpaired) electrons. The summed E-state index contributed by atoms with van der Waals surface area (Å²) in [6, 6.07) is 20.0. The Balaban J connectivity index is 0.966. The van der Waals surface area contributed by atoms with E-state index in [0.29, 0.717) is 40.2 Å². The number of anilines is 2. The largest absolute Gasteiger partial charge is 0.394 e. The zero-order valence-corrected chi connectivity index (χ0v) is 32.1. The number of hydrogen-bond acceptors (Lipinski definition) is 9. The lowest BCUT2D eigenvalue weighted by Gasteiger charge is -2.39. The van der Waals surface area contributed by atoms with Crippen LogP contribution < -0.4 is 16.0 Å². The zero-order valence-electron chi connectivity index (χ0n) is 30.5. The van der Waals surface area contributed by atoms with Gasteiger partial charge in [-0.3, -0.25) is 24.5 Å². The Kier molecular flexibility index (Phi) is 10.2. The normalized spacial score (nSPS) is 21.9. The number of nitrogens with zero attached hydrogens (tertiary/aromatic N) is 2. The van der Waals surface area contributed by atoms with Crippen LogP contribution in [0.4, 0.5) is 15.8 Å². The molecular formula is C41H40FN5O7S2. The lowest BCUT2D eigenvalue weighted by Crippen LogP contribution is -2.52. The third-order valence-corrected chi connectivity index (χ3v) is 14.1. The van der Waals surface area contributed by atoms with Crippen LogP contribution in [0, 0.1) is 18.7 Å². The Morgan fingerprint density at radius 3 is 2.57 bits per heavy atom. The number of fused-ring (bicyclic) bond motifs is 4. The fourth-order valence-electron chi connectivity index (χ4n) is 8.30. The third-order valence-electron chi connectivity index (χ3n) is 11.1. The van der Waals surface area contributed by atoms with Gasteiger partial charge in [-0.25, -0.2) is 12.8 Å². The average molecular weight is 798 g/mol. The molecule has 4 atom stereocenters. The minimum atomic E-state index is -3.89. The van der Waals surface area contributed by atoms with Gasteiger partial charge in [-0.2, -0.15) is 4.31 Å². The molecule has 2 fully saturated rings. The van der Waals surface area contributed by atoms with Gasteiger partial charge in [0.1, 0.15) is 11.9 Å². The van der Waals surface area contributed by atoms with E-state index in [1.165, 1.54) is 33.1 Å². The van der Waals surface area contributed by atoms with E-state index in [2.05, 4.69) is 16.0 Å². The number of aliphatic hydroxyl groups excluding tert-OH is 1. The van der Waals surface area contributed by atoms with Gasteiger partial charge in [-0.1, -0.05) is 29.8 Å². The van der Waals surface area contributed by atoms with Crippen molar-refractivity contribution in [2.45, 2.75) is 67.1 Å². The minimum absolute atomic E-state index is 0.122. The molecule has 4 aromatic carbocycles. The number of carbonyl (C=O) groups is 4. The highest BCUT2D eigenvalue weighted by molar-refractivity contribution is 7.99.